The van der Waals surface area contributed by atoms with Crippen molar-refractivity contribution in [3.8, 4) is 0 Å². The summed E-state index contributed by atoms with van der Waals surface area (Å²) in [6, 6.07) is 2.01. The highest BCUT2D eigenvalue weighted by atomic mass is 35.5. The molecule has 1 N–H and O–H groups in total. The first-order valence-electron chi connectivity index (χ1n) is 5.22. The van der Waals surface area contributed by atoms with Gasteiger partial charge in [0.15, 0.2) is 0 Å². The molecule has 0 saturated heterocycles. The van der Waals surface area contributed by atoms with Gasteiger partial charge in [-0.1, -0.05) is 13.8 Å². The van der Waals surface area contributed by atoms with Gasteiger partial charge in [0.1, 0.15) is 0 Å². The van der Waals surface area contributed by atoms with Crippen molar-refractivity contribution in [3.63, 3.8) is 0 Å². The standard InChI is InChI=1S/C11H18ClN3/c1-7(2)10-5-9(4)14-11(15-10)13-6-8(3)12/h5,7-8H,6H2,1-4H3,(H,13,14,15). The number of rotatable bonds is 4. The maximum absolute atomic E-state index is 5.85. The van der Waals surface area contributed by atoms with Crippen molar-refractivity contribution < 1.29 is 0 Å². The largest absolute Gasteiger partial charge is 0.353 e. The summed E-state index contributed by atoms with van der Waals surface area (Å²) in [6.07, 6.45) is 0. The van der Waals surface area contributed by atoms with Gasteiger partial charge in [-0.05, 0) is 25.8 Å². The van der Waals surface area contributed by atoms with Crippen molar-refractivity contribution in [3.05, 3.63) is 17.5 Å². The van der Waals surface area contributed by atoms with Gasteiger partial charge in [0.25, 0.3) is 0 Å². The molecule has 3 nitrogen and oxygen atoms in total. The summed E-state index contributed by atoms with van der Waals surface area (Å²) >= 11 is 5.85. The highest BCUT2D eigenvalue weighted by molar-refractivity contribution is 6.20. The number of aromatic nitrogens is 2. The summed E-state index contributed by atoms with van der Waals surface area (Å²) in [5, 5.41) is 3.21. The number of anilines is 1. The smallest absolute Gasteiger partial charge is 0.223 e. The molecule has 0 aromatic carbocycles. The van der Waals surface area contributed by atoms with Crippen molar-refractivity contribution in [1.29, 1.82) is 0 Å². The molecule has 1 rings (SSSR count). The predicted molar refractivity (Wildman–Crippen MR) is 64.7 cm³/mol. The molecule has 15 heavy (non-hydrogen) atoms. The fraction of sp³-hybridized carbons (Fsp3) is 0.636. The molecule has 1 aromatic rings. The number of halogens is 1. The topological polar surface area (TPSA) is 37.8 Å². The Balaban J connectivity index is 2.79. The Labute approximate surface area is 96.3 Å². The summed E-state index contributed by atoms with van der Waals surface area (Å²) < 4.78 is 0. The van der Waals surface area contributed by atoms with Crippen LogP contribution >= 0.6 is 11.6 Å². The van der Waals surface area contributed by atoms with Gasteiger partial charge in [0.2, 0.25) is 5.95 Å². The average molecular weight is 228 g/mol. The van der Waals surface area contributed by atoms with Crippen molar-refractivity contribution in [2.75, 3.05) is 11.9 Å². The van der Waals surface area contributed by atoms with Crippen molar-refractivity contribution in [1.82, 2.24) is 9.97 Å². The third-order valence-corrected chi connectivity index (χ3v) is 2.16. The normalized spacial score (nSPS) is 12.9. The van der Waals surface area contributed by atoms with Crippen molar-refractivity contribution in [2.24, 2.45) is 0 Å². The first kappa shape index (κ1) is 12.2. The summed E-state index contributed by atoms with van der Waals surface area (Å²) in [6.45, 7) is 8.84. The predicted octanol–water partition coefficient (Wildman–Crippen LogP) is 2.95. The molecule has 0 aliphatic rings. The van der Waals surface area contributed by atoms with Crippen LogP contribution in [-0.4, -0.2) is 21.9 Å². The number of nitrogens with one attached hydrogen (secondary N) is 1. The Morgan fingerprint density at radius 2 is 2.00 bits per heavy atom. The minimum atomic E-state index is 0.0802. The molecule has 0 aliphatic carbocycles. The zero-order chi connectivity index (χ0) is 11.4. The lowest BCUT2D eigenvalue weighted by molar-refractivity contribution is 0.807. The Morgan fingerprint density at radius 1 is 1.33 bits per heavy atom. The summed E-state index contributed by atoms with van der Waals surface area (Å²) in [5.41, 5.74) is 2.05. The van der Waals surface area contributed by atoms with Gasteiger partial charge in [-0.2, -0.15) is 0 Å². The van der Waals surface area contributed by atoms with E-state index in [0.717, 1.165) is 11.4 Å². The molecule has 4 heteroatoms. The lowest BCUT2D eigenvalue weighted by Gasteiger charge is -2.10. The van der Waals surface area contributed by atoms with Crippen LogP contribution in [0.25, 0.3) is 0 Å². The minimum absolute atomic E-state index is 0.0802. The van der Waals surface area contributed by atoms with E-state index in [-0.39, 0.29) is 5.38 Å². The second kappa shape index (κ2) is 5.31. The Bertz CT molecular complexity index is 324. The van der Waals surface area contributed by atoms with Crippen LogP contribution in [-0.2, 0) is 0 Å². The molecule has 0 radical (unpaired) electrons. The molecule has 1 unspecified atom stereocenters. The quantitative estimate of drug-likeness (QED) is 0.804. The Kier molecular flexibility index (Phi) is 4.33. The second-order valence-corrected chi connectivity index (χ2v) is 4.82. The molecule has 0 fully saturated rings. The monoisotopic (exact) mass is 227 g/mol. The molecule has 0 aliphatic heterocycles. The molecule has 1 aromatic heterocycles. The van der Waals surface area contributed by atoms with Crippen molar-refractivity contribution in [2.45, 2.75) is 39.0 Å². The number of hydrogen-bond donors (Lipinski definition) is 1. The average Bonchev–Trinajstić information content (AvgIpc) is 2.13. The summed E-state index contributed by atoms with van der Waals surface area (Å²) in [4.78, 5) is 8.73. The highest BCUT2D eigenvalue weighted by Crippen LogP contribution is 2.14. The summed E-state index contributed by atoms with van der Waals surface area (Å²) in [7, 11) is 0. The van der Waals surface area contributed by atoms with E-state index in [1.807, 2.05) is 19.9 Å². The van der Waals surface area contributed by atoms with Crippen LogP contribution in [0.2, 0.25) is 0 Å². The maximum Gasteiger partial charge on any atom is 0.223 e. The van der Waals surface area contributed by atoms with Crippen LogP contribution in [0.4, 0.5) is 5.95 Å². The third-order valence-electron chi connectivity index (χ3n) is 2.01. The molecule has 1 heterocycles. The van der Waals surface area contributed by atoms with Gasteiger partial charge < -0.3 is 5.32 Å². The first-order valence-corrected chi connectivity index (χ1v) is 5.66. The molecule has 0 amide bonds. The van der Waals surface area contributed by atoms with Crippen LogP contribution in [0.3, 0.4) is 0 Å². The van der Waals surface area contributed by atoms with E-state index >= 15 is 0 Å². The maximum atomic E-state index is 5.85. The third kappa shape index (κ3) is 4.04. The van der Waals surface area contributed by atoms with E-state index in [4.69, 9.17) is 11.6 Å². The van der Waals surface area contributed by atoms with Gasteiger partial charge in [0, 0.05) is 23.3 Å². The molecular formula is C11H18ClN3. The summed E-state index contributed by atoms with van der Waals surface area (Å²) in [5.74, 6) is 1.09. The number of alkyl halides is 1. The van der Waals surface area contributed by atoms with Crippen LogP contribution in [0.5, 0.6) is 0 Å². The number of hydrogen-bond acceptors (Lipinski definition) is 3. The van der Waals surface area contributed by atoms with E-state index in [0.29, 0.717) is 18.4 Å². The van der Waals surface area contributed by atoms with E-state index < -0.39 is 0 Å². The number of aryl methyl sites for hydroxylation is 1. The van der Waals surface area contributed by atoms with Crippen LogP contribution in [0.15, 0.2) is 6.07 Å². The molecule has 0 spiro atoms. The van der Waals surface area contributed by atoms with Gasteiger partial charge in [-0.25, -0.2) is 9.97 Å². The Hall–Kier alpha value is -0.830. The van der Waals surface area contributed by atoms with Gasteiger partial charge in [-0.3, -0.25) is 0 Å². The van der Waals surface area contributed by atoms with E-state index in [1.165, 1.54) is 0 Å². The van der Waals surface area contributed by atoms with Crippen LogP contribution in [0, 0.1) is 6.92 Å². The SMILES string of the molecule is Cc1cc(C(C)C)nc(NCC(C)Cl)n1. The van der Waals surface area contributed by atoms with Crippen LogP contribution < -0.4 is 5.32 Å². The van der Waals surface area contributed by atoms with Crippen LogP contribution in [0.1, 0.15) is 38.1 Å². The molecule has 0 bridgehead atoms. The van der Waals surface area contributed by atoms with Gasteiger partial charge in [0.05, 0.1) is 0 Å². The molecule has 0 saturated carbocycles. The van der Waals surface area contributed by atoms with Crippen molar-refractivity contribution >= 4 is 17.5 Å². The zero-order valence-electron chi connectivity index (χ0n) is 9.71. The van der Waals surface area contributed by atoms with Gasteiger partial charge in [-0.15, -0.1) is 11.6 Å². The fourth-order valence-electron chi connectivity index (χ4n) is 1.20. The van der Waals surface area contributed by atoms with Gasteiger partial charge >= 0.3 is 0 Å². The number of nitrogens with zero attached hydrogens (tertiary/aromatic N) is 2. The highest BCUT2D eigenvalue weighted by Gasteiger charge is 2.06. The molecule has 84 valence electrons. The fourth-order valence-corrected chi connectivity index (χ4v) is 1.28. The second-order valence-electron chi connectivity index (χ2n) is 4.07. The van der Waals surface area contributed by atoms with E-state index in [1.54, 1.807) is 0 Å². The molecule has 1 atom stereocenters. The Morgan fingerprint density at radius 3 is 2.53 bits per heavy atom. The first-order chi connectivity index (χ1) is 6.99. The van der Waals surface area contributed by atoms with E-state index in [2.05, 4.69) is 29.1 Å². The molecular weight excluding hydrogens is 210 g/mol. The van der Waals surface area contributed by atoms with E-state index in [9.17, 15) is 0 Å². The minimum Gasteiger partial charge on any atom is -0.353 e. The zero-order valence-corrected chi connectivity index (χ0v) is 10.5. The lowest BCUT2D eigenvalue weighted by atomic mass is 10.1. The lowest BCUT2D eigenvalue weighted by Crippen LogP contribution is -2.14.